The molecule has 7 nitrogen and oxygen atoms in total. The Bertz CT molecular complexity index is 548. The number of piperidine rings is 1. The average Bonchev–Trinajstić information content (AvgIpc) is 2.84. The van der Waals surface area contributed by atoms with Crippen LogP contribution in [-0.4, -0.2) is 35.6 Å². The summed E-state index contributed by atoms with van der Waals surface area (Å²) in [7, 11) is 0. The van der Waals surface area contributed by atoms with E-state index in [4.69, 9.17) is 4.74 Å². The minimum absolute atomic E-state index is 0.00184. The second-order valence-electron chi connectivity index (χ2n) is 5.91. The Hall–Kier alpha value is -2.15. The van der Waals surface area contributed by atoms with E-state index >= 15 is 0 Å². The van der Waals surface area contributed by atoms with Gasteiger partial charge >= 0.3 is 0 Å². The fourth-order valence-corrected chi connectivity index (χ4v) is 3.26. The van der Waals surface area contributed by atoms with Gasteiger partial charge in [-0.15, -0.1) is 0 Å². The number of nitrogens with one attached hydrogen (secondary N) is 2. The molecule has 2 fully saturated rings. The summed E-state index contributed by atoms with van der Waals surface area (Å²) in [5.74, 6) is 0.302. The van der Waals surface area contributed by atoms with E-state index in [-0.39, 0.29) is 24.2 Å². The van der Waals surface area contributed by atoms with Crippen LogP contribution >= 0.6 is 0 Å². The number of nitro groups is 1. The van der Waals surface area contributed by atoms with Gasteiger partial charge in [-0.3, -0.25) is 14.9 Å². The van der Waals surface area contributed by atoms with Crippen molar-refractivity contribution >= 4 is 11.6 Å². The van der Waals surface area contributed by atoms with Crippen LogP contribution in [-0.2, 0) is 4.79 Å². The minimum Gasteiger partial charge on any atom is -0.484 e. The number of amides is 1. The van der Waals surface area contributed by atoms with E-state index in [2.05, 4.69) is 10.6 Å². The zero-order chi connectivity index (χ0) is 15.5. The van der Waals surface area contributed by atoms with Crippen molar-refractivity contribution in [2.24, 2.45) is 0 Å². The van der Waals surface area contributed by atoms with Gasteiger partial charge in [0.05, 0.1) is 4.92 Å². The first-order valence-corrected chi connectivity index (χ1v) is 7.53. The van der Waals surface area contributed by atoms with Crippen molar-refractivity contribution in [3.05, 3.63) is 34.4 Å². The molecule has 0 aliphatic carbocycles. The number of fused-ring (bicyclic) bond motifs is 2. The number of hydrogen-bond donors (Lipinski definition) is 2. The number of nitro benzene ring substituents is 1. The first-order chi connectivity index (χ1) is 10.6. The van der Waals surface area contributed by atoms with Gasteiger partial charge in [0.25, 0.3) is 11.6 Å². The van der Waals surface area contributed by atoms with Crippen LogP contribution in [0.4, 0.5) is 5.69 Å². The largest absolute Gasteiger partial charge is 0.484 e. The molecule has 2 N–H and O–H groups in total. The molecule has 1 aromatic rings. The van der Waals surface area contributed by atoms with Crippen molar-refractivity contribution in [2.45, 2.75) is 43.8 Å². The molecule has 0 saturated carbocycles. The second kappa shape index (κ2) is 6.31. The van der Waals surface area contributed by atoms with Gasteiger partial charge in [-0.25, -0.2) is 0 Å². The lowest BCUT2D eigenvalue weighted by Gasteiger charge is -2.29. The summed E-state index contributed by atoms with van der Waals surface area (Å²) in [5.41, 5.74) is 0.00184. The quantitative estimate of drug-likeness (QED) is 0.633. The van der Waals surface area contributed by atoms with Gasteiger partial charge in [-0.2, -0.15) is 0 Å². The maximum Gasteiger partial charge on any atom is 0.269 e. The first-order valence-electron chi connectivity index (χ1n) is 7.53. The molecule has 3 rings (SSSR count). The molecule has 1 amide bonds. The van der Waals surface area contributed by atoms with Crippen LogP contribution in [0.1, 0.15) is 25.7 Å². The van der Waals surface area contributed by atoms with E-state index in [0.29, 0.717) is 17.8 Å². The highest BCUT2D eigenvalue weighted by atomic mass is 16.6. The van der Waals surface area contributed by atoms with E-state index < -0.39 is 4.92 Å². The standard InChI is InChI=1S/C15H19N3O4/c19-15(17-12-7-10-1-2-11(8-12)16-10)9-22-14-5-3-13(4-6-14)18(20)21/h3-6,10-12,16H,1-2,7-9H2,(H,17,19). The topological polar surface area (TPSA) is 93.5 Å². The summed E-state index contributed by atoms with van der Waals surface area (Å²) in [5, 5.41) is 17.1. The number of benzene rings is 1. The van der Waals surface area contributed by atoms with Crippen LogP contribution < -0.4 is 15.4 Å². The van der Waals surface area contributed by atoms with Gasteiger partial charge < -0.3 is 15.4 Å². The molecule has 0 aromatic heterocycles. The van der Waals surface area contributed by atoms with Crippen molar-refractivity contribution in [2.75, 3.05) is 6.61 Å². The normalized spacial score (nSPS) is 26.5. The lowest BCUT2D eigenvalue weighted by atomic mass is 10.00. The van der Waals surface area contributed by atoms with E-state index in [1.165, 1.54) is 37.1 Å². The highest BCUT2D eigenvalue weighted by Gasteiger charge is 2.33. The molecule has 2 atom stereocenters. The summed E-state index contributed by atoms with van der Waals surface area (Å²) in [6.45, 7) is -0.0723. The predicted molar refractivity (Wildman–Crippen MR) is 79.7 cm³/mol. The molecule has 2 unspecified atom stereocenters. The predicted octanol–water partition coefficient (Wildman–Crippen LogP) is 1.37. The average molecular weight is 305 g/mol. The Morgan fingerprint density at radius 2 is 1.91 bits per heavy atom. The lowest BCUT2D eigenvalue weighted by molar-refractivity contribution is -0.384. The van der Waals surface area contributed by atoms with Crippen LogP contribution in [0, 0.1) is 10.1 Å². The molecule has 22 heavy (non-hydrogen) atoms. The Labute approximate surface area is 128 Å². The Balaban J connectivity index is 1.45. The maximum absolute atomic E-state index is 11.9. The van der Waals surface area contributed by atoms with Crippen molar-refractivity contribution in [1.29, 1.82) is 0 Å². The van der Waals surface area contributed by atoms with Crippen molar-refractivity contribution in [1.82, 2.24) is 10.6 Å². The SMILES string of the molecule is O=C(COc1ccc([N+](=O)[O-])cc1)NC1CC2CCC(C1)N2. The molecule has 0 radical (unpaired) electrons. The molecule has 1 aromatic carbocycles. The summed E-state index contributed by atoms with van der Waals surface area (Å²) in [6, 6.07) is 6.98. The molecule has 118 valence electrons. The second-order valence-corrected chi connectivity index (χ2v) is 5.91. The Kier molecular flexibility index (Phi) is 4.24. The van der Waals surface area contributed by atoms with Crippen molar-refractivity contribution in [3.63, 3.8) is 0 Å². The van der Waals surface area contributed by atoms with Crippen LogP contribution in [0.2, 0.25) is 0 Å². The fourth-order valence-electron chi connectivity index (χ4n) is 3.26. The summed E-state index contributed by atoms with van der Waals surface area (Å²) < 4.78 is 5.36. The number of rotatable bonds is 5. The van der Waals surface area contributed by atoms with E-state index in [1.54, 1.807) is 0 Å². The third kappa shape index (κ3) is 3.54. The van der Waals surface area contributed by atoms with E-state index in [1.807, 2.05) is 0 Å². The monoisotopic (exact) mass is 305 g/mol. The molecule has 2 bridgehead atoms. The number of carbonyl (C=O) groups excluding carboxylic acids is 1. The van der Waals surface area contributed by atoms with E-state index in [9.17, 15) is 14.9 Å². The minimum atomic E-state index is -0.470. The van der Waals surface area contributed by atoms with Gasteiger partial charge in [0, 0.05) is 30.3 Å². The molecular formula is C15H19N3O4. The molecule has 0 spiro atoms. The van der Waals surface area contributed by atoms with Gasteiger partial charge in [0.15, 0.2) is 6.61 Å². The number of carbonyl (C=O) groups is 1. The van der Waals surface area contributed by atoms with E-state index in [0.717, 1.165) is 12.8 Å². The van der Waals surface area contributed by atoms with Crippen molar-refractivity contribution in [3.8, 4) is 5.75 Å². The number of ether oxygens (including phenoxy) is 1. The Morgan fingerprint density at radius 3 is 2.50 bits per heavy atom. The molecular weight excluding hydrogens is 286 g/mol. The molecule has 2 aliphatic rings. The van der Waals surface area contributed by atoms with Crippen LogP contribution in [0.5, 0.6) is 5.75 Å². The first kappa shape index (κ1) is 14.8. The zero-order valence-corrected chi connectivity index (χ0v) is 12.2. The zero-order valence-electron chi connectivity index (χ0n) is 12.2. The summed E-state index contributed by atoms with van der Waals surface area (Å²) in [6.07, 6.45) is 4.33. The number of nitrogens with zero attached hydrogens (tertiary/aromatic N) is 1. The molecule has 2 saturated heterocycles. The highest BCUT2D eigenvalue weighted by Crippen LogP contribution is 2.26. The fraction of sp³-hybridized carbons (Fsp3) is 0.533. The molecule has 2 heterocycles. The van der Waals surface area contributed by atoms with Crippen LogP contribution in [0.15, 0.2) is 24.3 Å². The molecule has 7 heteroatoms. The number of hydrogen-bond acceptors (Lipinski definition) is 5. The van der Waals surface area contributed by atoms with Crippen LogP contribution in [0.3, 0.4) is 0 Å². The van der Waals surface area contributed by atoms with Crippen molar-refractivity contribution < 1.29 is 14.5 Å². The highest BCUT2D eigenvalue weighted by molar-refractivity contribution is 5.77. The van der Waals surface area contributed by atoms with Crippen LogP contribution in [0.25, 0.3) is 0 Å². The smallest absolute Gasteiger partial charge is 0.269 e. The number of non-ortho nitro benzene ring substituents is 1. The maximum atomic E-state index is 11.9. The third-order valence-corrected chi connectivity index (χ3v) is 4.26. The van der Waals surface area contributed by atoms with Gasteiger partial charge in [-0.05, 0) is 37.8 Å². The lowest BCUT2D eigenvalue weighted by Crippen LogP contribution is -2.48. The van der Waals surface area contributed by atoms with Gasteiger partial charge in [0.1, 0.15) is 5.75 Å². The Morgan fingerprint density at radius 1 is 1.27 bits per heavy atom. The van der Waals surface area contributed by atoms with Gasteiger partial charge in [-0.1, -0.05) is 0 Å². The summed E-state index contributed by atoms with van der Waals surface area (Å²) >= 11 is 0. The molecule has 2 aliphatic heterocycles. The third-order valence-electron chi connectivity index (χ3n) is 4.26. The summed E-state index contributed by atoms with van der Waals surface area (Å²) in [4.78, 5) is 22.0. The van der Waals surface area contributed by atoms with Gasteiger partial charge in [0.2, 0.25) is 0 Å².